The first-order valence-electron chi connectivity index (χ1n) is 7.89. The zero-order valence-corrected chi connectivity index (χ0v) is 13.6. The van der Waals surface area contributed by atoms with Gasteiger partial charge in [0.05, 0.1) is 0 Å². The van der Waals surface area contributed by atoms with E-state index >= 15 is 0 Å². The molecule has 3 aromatic heterocycles. The molecular formula is C19H17N5. The maximum absolute atomic E-state index is 4.55. The van der Waals surface area contributed by atoms with Crippen LogP contribution in [0.4, 0.5) is 11.6 Å². The first kappa shape index (κ1) is 14.5. The Bertz CT molecular complexity index is 946. The second-order valence-corrected chi connectivity index (χ2v) is 5.80. The summed E-state index contributed by atoms with van der Waals surface area (Å²) in [6.45, 7) is 3.93. The van der Waals surface area contributed by atoms with Crippen molar-refractivity contribution < 1.29 is 0 Å². The molecule has 0 fully saturated rings. The lowest BCUT2D eigenvalue weighted by Crippen LogP contribution is -1.99. The van der Waals surface area contributed by atoms with Crippen LogP contribution in [0.1, 0.15) is 22.6 Å². The molecule has 5 heteroatoms. The lowest BCUT2D eigenvalue weighted by molar-refractivity contribution is 1.05. The highest BCUT2D eigenvalue weighted by atomic mass is 15.1. The number of aromatic nitrogens is 4. The van der Waals surface area contributed by atoms with Crippen molar-refractivity contribution in [3.63, 3.8) is 0 Å². The zero-order valence-electron chi connectivity index (χ0n) is 13.6. The molecule has 5 nitrogen and oxygen atoms in total. The third-order valence-electron chi connectivity index (χ3n) is 4.15. The molecule has 0 aromatic carbocycles. The minimum atomic E-state index is 0.724. The Labute approximate surface area is 140 Å². The van der Waals surface area contributed by atoms with Crippen molar-refractivity contribution in [2.75, 3.05) is 5.32 Å². The van der Waals surface area contributed by atoms with E-state index in [9.17, 15) is 0 Å². The van der Waals surface area contributed by atoms with Crippen molar-refractivity contribution in [2.45, 2.75) is 20.3 Å². The molecule has 118 valence electrons. The summed E-state index contributed by atoms with van der Waals surface area (Å²) >= 11 is 0. The highest BCUT2D eigenvalue weighted by molar-refractivity contribution is 5.80. The van der Waals surface area contributed by atoms with E-state index in [-0.39, 0.29) is 0 Å². The van der Waals surface area contributed by atoms with E-state index in [0.717, 1.165) is 40.7 Å². The van der Waals surface area contributed by atoms with Crippen LogP contribution in [0.2, 0.25) is 0 Å². The van der Waals surface area contributed by atoms with Gasteiger partial charge >= 0.3 is 0 Å². The van der Waals surface area contributed by atoms with Crippen LogP contribution in [0.3, 0.4) is 0 Å². The van der Waals surface area contributed by atoms with Gasteiger partial charge in [0, 0.05) is 29.8 Å². The molecule has 1 aliphatic carbocycles. The van der Waals surface area contributed by atoms with E-state index in [1.54, 1.807) is 12.4 Å². The van der Waals surface area contributed by atoms with Crippen LogP contribution >= 0.6 is 0 Å². The number of aryl methyl sites for hydroxylation is 2. The average Bonchev–Trinajstić information content (AvgIpc) is 3.06. The number of anilines is 2. The van der Waals surface area contributed by atoms with E-state index in [1.807, 2.05) is 31.3 Å². The SMILES string of the molecule is Cc1nccc(Nc2cc(-c3cnc(C)c4c3C=CC4)ccn2)n1. The van der Waals surface area contributed by atoms with Crippen LogP contribution in [0, 0.1) is 13.8 Å². The molecule has 4 rings (SSSR count). The fraction of sp³-hybridized carbons (Fsp3) is 0.158. The van der Waals surface area contributed by atoms with Crippen LogP contribution < -0.4 is 5.32 Å². The molecule has 0 spiro atoms. The Morgan fingerprint density at radius 3 is 2.75 bits per heavy atom. The Hall–Kier alpha value is -3.08. The summed E-state index contributed by atoms with van der Waals surface area (Å²) in [5.74, 6) is 2.21. The first-order valence-corrected chi connectivity index (χ1v) is 7.89. The number of pyridine rings is 2. The van der Waals surface area contributed by atoms with Crippen molar-refractivity contribution in [2.24, 2.45) is 0 Å². The van der Waals surface area contributed by atoms with Gasteiger partial charge in [0.1, 0.15) is 17.5 Å². The molecule has 3 heterocycles. The molecule has 1 aliphatic rings. The molecule has 0 saturated heterocycles. The molecule has 0 saturated carbocycles. The number of fused-ring (bicyclic) bond motifs is 1. The standard InChI is InChI=1S/C19H17N5/c1-12-15-4-3-5-16(15)17(11-22-12)14-6-8-21-19(10-14)24-18-7-9-20-13(2)23-18/h3,5-11H,4H2,1-2H3,(H,20,21,23,24). The van der Waals surface area contributed by atoms with Crippen molar-refractivity contribution in [1.29, 1.82) is 0 Å². The van der Waals surface area contributed by atoms with Gasteiger partial charge in [0.25, 0.3) is 0 Å². The van der Waals surface area contributed by atoms with Crippen molar-refractivity contribution >= 4 is 17.7 Å². The maximum atomic E-state index is 4.55. The fourth-order valence-electron chi connectivity index (χ4n) is 2.96. The van der Waals surface area contributed by atoms with Crippen LogP contribution in [0.15, 0.2) is 42.9 Å². The zero-order chi connectivity index (χ0) is 16.5. The molecule has 0 unspecified atom stereocenters. The molecule has 24 heavy (non-hydrogen) atoms. The quantitative estimate of drug-likeness (QED) is 0.795. The second-order valence-electron chi connectivity index (χ2n) is 5.80. The average molecular weight is 315 g/mol. The Morgan fingerprint density at radius 2 is 1.88 bits per heavy atom. The van der Waals surface area contributed by atoms with Crippen LogP contribution in [0.5, 0.6) is 0 Å². The number of nitrogens with zero attached hydrogens (tertiary/aromatic N) is 4. The summed E-state index contributed by atoms with van der Waals surface area (Å²) < 4.78 is 0. The van der Waals surface area contributed by atoms with E-state index in [0.29, 0.717) is 0 Å². The number of nitrogens with one attached hydrogen (secondary N) is 1. The molecule has 0 amide bonds. The van der Waals surface area contributed by atoms with Crippen LogP contribution in [-0.4, -0.2) is 19.9 Å². The molecule has 0 aliphatic heterocycles. The molecular weight excluding hydrogens is 298 g/mol. The Morgan fingerprint density at radius 1 is 1.00 bits per heavy atom. The third-order valence-corrected chi connectivity index (χ3v) is 4.15. The molecule has 0 radical (unpaired) electrons. The maximum Gasteiger partial charge on any atom is 0.135 e. The fourth-order valence-corrected chi connectivity index (χ4v) is 2.96. The summed E-state index contributed by atoms with van der Waals surface area (Å²) in [6.07, 6.45) is 10.8. The van der Waals surface area contributed by atoms with Gasteiger partial charge in [-0.15, -0.1) is 0 Å². The summed E-state index contributed by atoms with van der Waals surface area (Å²) in [5, 5.41) is 3.23. The third kappa shape index (κ3) is 2.65. The smallest absolute Gasteiger partial charge is 0.135 e. The van der Waals surface area contributed by atoms with Gasteiger partial charge in [0.2, 0.25) is 0 Å². The van der Waals surface area contributed by atoms with Crippen LogP contribution in [-0.2, 0) is 6.42 Å². The number of rotatable bonds is 3. The number of hydrogen-bond acceptors (Lipinski definition) is 5. The Balaban J connectivity index is 1.71. The summed E-state index contributed by atoms with van der Waals surface area (Å²) in [5.41, 5.74) is 5.90. The van der Waals surface area contributed by atoms with Gasteiger partial charge in [-0.3, -0.25) is 4.98 Å². The van der Waals surface area contributed by atoms with E-state index in [1.165, 1.54) is 11.1 Å². The number of allylic oxidation sites excluding steroid dienone is 1. The number of hydrogen-bond donors (Lipinski definition) is 1. The normalized spacial score (nSPS) is 12.2. The lowest BCUT2D eigenvalue weighted by Gasteiger charge is -2.11. The van der Waals surface area contributed by atoms with Crippen molar-refractivity contribution in [1.82, 2.24) is 19.9 Å². The predicted molar refractivity (Wildman–Crippen MR) is 95.0 cm³/mol. The lowest BCUT2D eigenvalue weighted by atomic mass is 9.99. The van der Waals surface area contributed by atoms with Crippen molar-refractivity contribution in [3.05, 3.63) is 65.5 Å². The largest absolute Gasteiger partial charge is 0.325 e. The first-order chi connectivity index (χ1) is 11.7. The predicted octanol–water partition coefficient (Wildman–Crippen LogP) is 3.86. The molecule has 3 aromatic rings. The monoisotopic (exact) mass is 315 g/mol. The molecule has 0 bridgehead atoms. The van der Waals surface area contributed by atoms with Gasteiger partial charge in [-0.2, -0.15) is 0 Å². The molecule has 0 atom stereocenters. The summed E-state index contributed by atoms with van der Waals surface area (Å²) in [7, 11) is 0. The summed E-state index contributed by atoms with van der Waals surface area (Å²) in [4.78, 5) is 17.4. The minimum Gasteiger partial charge on any atom is -0.325 e. The van der Waals surface area contributed by atoms with Gasteiger partial charge in [-0.25, -0.2) is 15.0 Å². The second kappa shape index (κ2) is 5.85. The molecule has 1 N–H and O–H groups in total. The summed E-state index contributed by atoms with van der Waals surface area (Å²) in [6, 6.07) is 5.86. The van der Waals surface area contributed by atoms with Gasteiger partial charge in [0.15, 0.2) is 0 Å². The Kier molecular flexibility index (Phi) is 3.54. The van der Waals surface area contributed by atoms with Gasteiger partial charge in [-0.05, 0) is 55.2 Å². The van der Waals surface area contributed by atoms with E-state index < -0.39 is 0 Å². The highest BCUT2D eigenvalue weighted by Gasteiger charge is 2.15. The van der Waals surface area contributed by atoms with Crippen molar-refractivity contribution in [3.8, 4) is 11.1 Å². The van der Waals surface area contributed by atoms with E-state index in [4.69, 9.17) is 0 Å². The minimum absolute atomic E-state index is 0.724. The van der Waals surface area contributed by atoms with Crippen LogP contribution in [0.25, 0.3) is 17.2 Å². The highest BCUT2D eigenvalue weighted by Crippen LogP contribution is 2.32. The van der Waals surface area contributed by atoms with E-state index in [2.05, 4.69) is 44.3 Å². The van der Waals surface area contributed by atoms with Gasteiger partial charge < -0.3 is 5.32 Å². The van der Waals surface area contributed by atoms with Gasteiger partial charge in [-0.1, -0.05) is 12.2 Å². The topological polar surface area (TPSA) is 63.6 Å².